The molecular weight excluding hydrogens is 375 g/mol. The number of pyridine rings is 1. The summed E-state index contributed by atoms with van der Waals surface area (Å²) in [4.78, 5) is 33.1. The van der Waals surface area contributed by atoms with E-state index in [0.717, 1.165) is 18.7 Å². The first-order chi connectivity index (χ1) is 13.2. The number of anilines is 1. The number of hydrogen-bond acceptors (Lipinski definition) is 5. The van der Waals surface area contributed by atoms with E-state index < -0.39 is 11.7 Å². The average molecular weight is 401 g/mol. The lowest BCUT2D eigenvalue weighted by Gasteiger charge is -2.35. The van der Waals surface area contributed by atoms with Crippen LogP contribution in [0.15, 0.2) is 18.3 Å². The van der Waals surface area contributed by atoms with Crippen LogP contribution in [0.3, 0.4) is 0 Å². The number of carbonyl (C=O) groups excluding carboxylic acids is 2. The maximum atomic E-state index is 12.6. The van der Waals surface area contributed by atoms with Crippen molar-refractivity contribution in [2.45, 2.75) is 19.5 Å². The molecule has 1 aromatic heterocycles. The van der Waals surface area contributed by atoms with Gasteiger partial charge in [0.15, 0.2) is 0 Å². The van der Waals surface area contributed by atoms with Gasteiger partial charge in [-0.2, -0.15) is 13.2 Å². The first-order valence-electron chi connectivity index (χ1n) is 9.22. The van der Waals surface area contributed by atoms with Crippen molar-refractivity contribution >= 4 is 17.6 Å². The van der Waals surface area contributed by atoms with Gasteiger partial charge in [0.2, 0.25) is 11.8 Å². The second-order valence-corrected chi connectivity index (χ2v) is 6.77. The minimum atomic E-state index is -4.40. The van der Waals surface area contributed by atoms with E-state index in [0.29, 0.717) is 38.5 Å². The molecule has 0 unspecified atom stereocenters. The normalized spacial score (nSPS) is 15.4. The Morgan fingerprint density at radius 2 is 1.89 bits per heavy atom. The molecule has 1 aliphatic rings. The monoisotopic (exact) mass is 401 g/mol. The number of rotatable bonds is 7. The highest BCUT2D eigenvalue weighted by molar-refractivity contribution is 5.85. The van der Waals surface area contributed by atoms with Gasteiger partial charge in [0.1, 0.15) is 5.82 Å². The zero-order chi connectivity index (χ0) is 20.7. The van der Waals surface area contributed by atoms with E-state index in [9.17, 15) is 22.8 Å². The van der Waals surface area contributed by atoms with Crippen molar-refractivity contribution in [3.05, 3.63) is 23.9 Å². The lowest BCUT2D eigenvalue weighted by atomic mass is 10.2. The Labute approximate surface area is 162 Å². The zero-order valence-corrected chi connectivity index (χ0v) is 16.1. The van der Waals surface area contributed by atoms with Crippen molar-refractivity contribution < 1.29 is 22.8 Å². The summed E-state index contributed by atoms with van der Waals surface area (Å²) >= 11 is 0. The quantitative estimate of drug-likeness (QED) is 0.744. The summed E-state index contributed by atoms with van der Waals surface area (Å²) in [5.74, 6) is 0.160. The summed E-state index contributed by atoms with van der Waals surface area (Å²) in [7, 11) is 1.59. The number of carbonyl (C=O) groups is 2. The number of likely N-dealkylation sites (N-methyl/N-ethyl adjacent to an activating group) is 1. The highest BCUT2D eigenvalue weighted by atomic mass is 19.4. The van der Waals surface area contributed by atoms with Crippen molar-refractivity contribution in [3.8, 4) is 0 Å². The van der Waals surface area contributed by atoms with Crippen LogP contribution < -0.4 is 10.2 Å². The number of amides is 2. The van der Waals surface area contributed by atoms with E-state index in [2.05, 4.69) is 10.3 Å². The van der Waals surface area contributed by atoms with Gasteiger partial charge >= 0.3 is 6.18 Å². The molecule has 1 N–H and O–H groups in total. The molecule has 0 saturated carbocycles. The van der Waals surface area contributed by atoms with E-state index in [1.165, 1.54) is 11.0 Å². The first-order valence-corrected chi connectivity index (χ1v) is 9.22. The number of aromatic nitrogens is 1. The van der Waals surface area contributed by atoms with Crippen LogP contribution in [0.5, 0.6) is 0 Å². The SMILES string of the molecule is CCCNC(=O)CN(C)C(=O)CN1CCN(c2ccc(C(F)(F)F)cn2)CC1. The number of nitrogens with zero attached hydrogens (tertiary/aromatic N) is 4. The second kappa shape index (κ2) is 9.72. The molecule has 10 heteroatoms. The number of halogens is 3. The second-order valence-electron chi connectivity index (χ2n) is 6.77. The van der Waals surface area contributed by atoms with E-state index in [1.54, 1.807) is 7.05 Å². The summed E-state index contributed by atoms with van der Waals surface area (Å²) in [5.41, 5.74) is -0.772. The van der Waals surface area contributed by atoms with Crippen molar-refractivity contribution in [1.82, 2.24) is 20.1 Å². The molecule has 2 amide bonds. The van der Waals surface area contributed by atoms with Crippen LogP contribution in [0.25, 0.3) is 0 Å². The molecule has 7 nitrogen and oxygen atoms in total. The highest BCUT2D eigenvalue weighted by Crippen LogP contribution is 2.29. The van der Waals surface area contributed by atoms with Gasteiger partial charge in [-0.25, -0.2) is 4.98 Å². The van der Waals surface area contributed by atoms with Crippen LogP contribution >= 0.6 is 0 Å². The molecule has 1 aromatic rings. The van der Waals surface area contributed by atoms with E-state index in [-0.39, 0.29) is 24.9 Å². The van der Waals surface area contributed by atoms with Crippen LogP contribution in [0.1, 0.15) is 18.9 Å². The Bertz CT molecular complexity index is 658. The summed E-state index contributed by atoms with van der Waals surface area (Å²) in [6.45, 7) is 5.06. The largest absolute Gasteiger partial charge is 0.417 e. The van der Waals surface area contributed by atoms with Crippen LogP contribution in [-0.4, -0.2) is 79.5 Å². The van der Waals surface area contributed by atoms with E-state index in [4.69, 9.17) is 0 Å². The van der Waals surface area contributed by atoms with Gasteiger partial charge in [-0.3, -0.25) is 14.5 Å². The Hall–Kier alpha value is -2.36. The molecule has 0 spiro atoms. The van der Waals surface area contributed by atoms with E-state index >= 15 is 0 Å². The summed E-state index contributed by atoms with van der Waals surface area (Å²) in [6, 6.07) is 2.39. The van der Waals surface area contributed by atoms with Gasteiger partial charge in [0.25, 0.3) is 0 Å². The molecule has 156 valence electrons. The molecule has 0 aliphatic carbocycles. The van der Waals surface area contributed by atoms with Crippen molar-refractivity contribution in [3.63, 3.8) is 0 Å². The summed E-state index contributed by atoms with van der Waals surface area (Å²) in [6.07, 6.45) is -2.73. The average Bonchev–Trinajstić information content (AvgIpc) is 2.66. The first kappa shape index (κ1) is 21.9. The molecule has 28 heavy (non-hydrogen) atoms. The fourth-order valence-corrected chi connectivity index (χ4v) is 2.81. The molecule has 0 bridgehead atoms. The molecule has 2 rings (SSSR count). The minimum Gasteiger partial charge on any atom is -0.355 e. The lowest BCUT2D eigenvalue weighted by Crippen LogP contribution is -2.50. The summed E-state index contributed by atoms with van der Waals surface area (Å²) < 4.78 is 37.9. The maximum absolute atomic E-state index is 12.6. The Morgan fingerprint density at radius 3 is 2.43 bits per heavy atom. The fourth-order valence-electron chi connectivity index (χ4n) is 2.81. The number of piperazine rings is 1. The predicted octanol–water partition coefficient (Wildman–Crippen LogP) is 1.21. The third-order valence-corrected chi connectivity index (χ3v) is 4.51. The standard InChI is InChI=1S/C18H26F3N5O2/c1-3-6-22-16(27)12-24(2)17(28)13-25-7-9-26(10-8-25)15-5-4-14(11-23-15)18(19,20)21/h4-5,11H,3,6-10,12-13H2,1-2H3,(H,22,27). The van der Waals surface area contributed by atoms with Crippen molar-refractivity contribution in [2.24, 2.45) is 0 Å². The molecular formula is C18H26F3N5O2. The van der Waals surface area contributed by atoms with Crippen LogP contribution in [-0.2, 0) is 15.8 Å². The Morgan fingerprint density at radius 1 is 1.21 bits per heavy atom. The van der Waals surface area contributed by atoms with Gasteiger partial charge in [0, 0.05) is 46.0 Å². The molecule has 0 atom stereocenters. The lowest BCUT2D eigenvalue weighted by molar-refractivity contribution is -0.137. The van der Waals surface area contributed by atoms with Gasteiger partial charge < -0.3 is 15.1 Å². The third kappa shape index (κ3) is 6.36. The van der Waals surface area contributed by atoms with Crippen molar-refractivity contribution in [2.75, 3.05) is 57.8 Å². The number of alkyl halides is 3. The molecule has 2 heterocycles. The Kier molecular flexibility index (Phi) is 7.61. The van der Waals surface area contributed by atoms with Gasteiger partial charge in [-0.1, -0.05) is 6.92 Å². The molecule has 1 saturated heterocycles. The van der Waals surface area contributed by atoms with Crippen LogP contribution in [0.2, 0.25) is 0 Å². The molecule has 1 aliphatic heterocycles. The minimum absolute atomic E-state index is 0.0221. The third-order valence-electron chi connectivity index (χ3n) is 4.51. The van der Waals surface area contributed by atoms with Crippen LogP contribution in [0, 0.1) is 0 Å². The van der Waals surface area contributed by atoms with Crippen molar-refractivity contribution in [1.29, 1.82) is 0 Å². The highest BCUT2D eigenvalue weighted by Gasteiger charge is 2.31. The molecule has 0 radical (unpaired) electrons. The van der Waals surface area contributed by atoms with Gasteiger partial charge in [0.05, 0.1) is 18.7 Å². The van der Waals surface area contributed by atoms with E-state index in [1.807, 2.05) is 16.7 Å². The fraction of sp³-hybridized carbons (Fsp3) is 0.611. The zero-order valence-electron chi connectivity index (χ0n) is 16.1. The summed E-state index contributed by atoms with van der Waals surface area (Å²) in [5, 5.41) is 2.73. The predicted molar refractivity (Wildman–Crippen MR) is 98.8 cm³/mol. The van der Waals surface area contributed by atoms with Crippen LogP contribution in [0.4, 0.5) is 19.0 Å². The molecule has 1 fully saturated rings. The smallest absolute Gasteiger partial charge is 0.355 e. The maximum Gasteiger partial charge on any atom is 0.417 e. The molecule has 0 aromatic carbocycles. The van der Waals surface area contributed by atoms with Gasteiger partial charge in [-0.15, -0.1) is 0 Å². The van der Waals surface area contributed by atoms with Gasteiger partial charge in [-0.05, 0) is 18.6 Å². The number of nitrogens with one attached hydrogen (secondary N) is 1. The number of hydrogen-bond donors (Lipinski definition) is 1. The topological polar surface area (TPSA) is 68.8 Å². The Balaban J connectivity index is 1.78.